The molecule has 1 N–H and O–H groups in total. The van der Waals surface area contributed by atoms with Gasteiger partial charge in [-0.1, -0.05) is 6.07 Å². The molecule has 1 fully saturated rings. The van der Waals surface area contributed by atoms with Crippen molar-refractivity contribution >= 4 is 17.0 Å². The van der Waals surface area contributed by atoms with Gasteiger partial charge in [0.1, 0.15) is 5.75 Å². The van der Waals surface area contributed by atoms with E-state index >= 15 is 0 Å². The number of methoxy groups -OCH3 is 1. The van der Waals surface area contributed by atoms with Crippen LogP contribution in [0.25, 0.3) is 0 Å². The molecule has 21 heavy (non-hydrogen) atoms. The first-order chi connectivity index (χ1) is 10.2. The van der Waals surface area contributed by atoms with Crippen LogP contribution in [0.3, 0.4) is 0 Å². The topological polar surface area (TPSA) is 24.5 Å². The zero-order chi connectivity index (χ0) is 14.7. The second-order valence-electron chi connectivity index (χ2n) is 5.58. The Kier molecular flexibility index (Phi) is 4.46. The van der Waals surface area contributed by atoms with Gasteiger partial charge in [-0.2, -0.15) is 0 Å². The molecule has 112 valence electrons. The number of nitrogens with one attached hydrogen (secondary N) is 1. The van der Waals surface area contributed by atoms with Gasteiger partial charge in [-0.05, 0) is 37.1 Å². The molecule has 2 aromatic rings. The first kappa shape index (κ1) is 14.4. The van der Waals surface area contributed by atoms with E-state index in [0.717, 1.165) is 24.9 Å². The van der Waals surface area contributed by atoms with E-state index in [4.69, 9.17) is 4.74 Å². The summed E-state index contributed by atoms with van der Waals surface area (Å²) in [6.07, 6.45) is 2.69. The van der Waals surface area contributed by atoms with Crippen molar-refractivity contribution in [2.45, 2.75) is 32.0 Å². The van der Waals surface area contributed by atoms with Gasteiger partial charge in [-0.15, -0.1) is 11.3 Å². The van der Waals surface area contributed by atoms with Gasteiger partial charge in [0, 0.05) is 41.1 Å². The van der Waals surface area contributed by atoms with E-state index in [-0.39, 0.29) is 0 Å². The van der Waals surface area contributed by atoms with Crippen molar-refractivity contribution < 1.29 is 4.74 Å². The molecule has 1 aliphatic carbocycles. The van der Waals surface area contributed by atoms with Crippen molar-refractivity contribution in [3.05, 3.63) is 46.2 Å². The predicted molar refractivity (Wildman–Crippen MR) is 89.3 cm³/mol. The number of thiophene rings is 1. The Hall–Kier alpha value is -1.52. The summed E-state index contributed by atoms with van der Waals surface area (Å²) in [6, 6.07) is 13.5. The Balaban J connectivity index is 1.59. The van der Waals surface area contributed by atoms with E-state index in [1.54, 1.807) is 7.11 Å². The average Bonchev–Trinajstić information content (AvgIpc) is 3.24. The van der Waals surface area contributed by atoms with Crippen LogP contribution in [0.1, 0.15) is 22.6 Å². The number of nitrogens with zero attached hydrogens (tertiary/aromatic N) is 1. The zero-order valence-corrected chi connectivity index (χ0v) is 13.5. The lowest BCUT2D eigenvalue weighted by Gasteiger charge is -2.19. The molecule has 1 aromatic heterocycles. The smallest absolute Gasteiger partial charge is 0.120 e. The van der Waals surface area contributed by atoms with Gasteiger partial charge in [0.2, 0.25) is 0 Å². The van der Waals surface area contributed by atoms with Crippen LogP contribution >= 0.6 is 11.3 Å². The number of anilines is 1. The van der Waals surface area contributed by atoms with Crippen LogP contribution in [0, 0.1) is 0 Å². The van der Waals surface area contributed by atoms with Crippen LogP contribution in [-0.2, 0) is 13.1 Å². The van der Waals surface area contributed by atoms with Gasteiger partial charge in [-0.3, -0.25) is 0 Å². The molecule has 0 amide bonds. The van der Waals surface area contributed by atoms with Crippen LogP contribution in [0.15, 0.2) is 36.4 Å². The van der Waals surface area contributed by atoms with Crippen LogP contribution in [-0.4, -0.2) is 20.2 Å². The maximum absolute atomic E-state index is 5.29. The van der Waals surface area contributed by atoms with Crippen LogP contribution in [0.4, 0.5) is 5.69 Å². The summed E-state index contributed by atoms with van der Waals surface area (Å²) in [5, 5.41) is 3.57. The molecule has 4 heteroatoms. The molecule has 3 rings (SSSR count). The van der Waals surface area contributed by atoms with E-state index in [1.807, 2.05) is 23.5 Å². The quantitative estimate of drug-likeness (QED) is 0.845. The van der Waals surface area contributed by atoms with Gasteiger partial charge in [0.25, 0.3) is 0 Å². The molecule has 1 saturated carbocycles. The van der Waals surface area contributed by atoms with E-state index in [1.165, 1.54) is 28.3 Å². The molecule has 0 atom stereocenters. The fraction of sp³-hybridized carbons (Fsp3) is 0.412. The molecule has 0 aliphatic heterocycles. The largest absolute Gasteiger partial charge is 0.497 e. The van der Waals surface area contributed by atoms with Crippen molar-refractivity contribution in [1.82, 2.24) is 5.32 Å². The van der Waals surface area contributed by atoms with Crippen LogP contribution in [0.5, 0.6) is 5.75 Å². The minimum absolute atomic E-state index is 0.773. The summed E-state index contributed by atoms with van der Waals surface area (Å²) in [7, 11) is 3.83. The lowest BCUT2D eigenvalue weighted by molar-refractivity contribution is 0.415. The van der Waals surface area contributed by atoms with E-state index < -0.39 is 0 Å². The highest BCUT2D eigenvalue weighted by atomic mass is 32.1. The van der Waals surface area contributed by atoms with E-state index in [9.17, 15) is 0 Å². The third-order valence-electron chi connectivity index (χ3n) is 3.75. The van der Waals surface area contributed by atoms with Crippen LogP contribution in [0.2, 0.25) is 0 Å². The van der Waals surface area contributed by atoms with E-state index in [0.29, 0.717) is 0 Å². The first-order valence-electron chi connectivity index (χ1n) is 7.41. The third kappa shape index (κ3) is 3.99. The highest BCUT2D eigenvalue weighted by Crippen LogP contribution is 2.25. The summed E-state index contributed by atoms with van der Waals surface area (Å²) in [5.41, 5.74) is 1.18. The fourth-order valence-corrected chi connectivity index (χ4v) is 3.33. The molecule has 1 aromatic carbocycles. The molecule has 1 aliphatic rings. The van der Waals surface area contributed by atoms with Crippen molar-refractivity contribution in [3.63, 3.8) is 0 Å². The van der Waals surface area contributed by atoms with Gasteiger partial charge in [0.15, 0.2) is 0 Å². The molecule has 0 saturated heterocycles. The van der Waals surface area contributed by atoms with E-state index in [2.05, 4.69) is 41.5 Å². The highest BCUT2D eigenvalue weighted by Gasteiger charge is 2.20. The van der Waals surface area contributed by atoms with Crippen molar-refractivity contribution in [3.8, 4) is 5.75 Å². The third-order valence-corrected chi connectivity index (χ3v) is 4.82. The zero-order valence-electron chi connectivity index (χ0n) is 12.6. The molecule has 0 unspecified atom stereocenters. The number of rotatable bonds is 7. The van der Waals surface area contributed by atoms with Crippen molar-refractivity contribution in [2.75, 3.05) is 19.1 Å². The molecule has 0 radical (unpaired) electrons. The summed E-state index contributed by atoms with van der Waals surface area (Å²) in [6.45, 7) is 1.94. The maximum atomic E-state index is 5.29. The summed E-state index contributed by atoms with van der Waals surface area (Å²) in [5.74, 6) is 0.903. The molecule has 0 bridgehead atoms. The van der Waals surface area contributed by atoms with Gasteiger partial charge < -0.3 is 15.0 Å². The Morgan fingerprint density at radius 2 is 2.05 bits per heavy atom. The van der Waals surface area contributed by atoms with Crippen molar-refractivity contribution in [2.24, 2.45) is 0 Å². The Morgan fingerprint density at radius 3 is 2.81 bits per heavy atom. The SMILES string of the molecule is COc1cccc(N(C)Cc2ccc(CNC3CC3)s2)c1. The standard InChI is InChI=1S/C17H22N2OS/c1-19(14-4-3-5-15(10-14)20-2)12-17-9-8-16(21-17)11-18-13-6-7-13/h3-5,8-10,13,18H,6-7,11-12H2,1-2H3. The monoisotopic (exact) mass is 302 g/mol. The fourth-order valence-electron chi connectivity index (χ4n) is 2.31. The minimum atomic E-state index is 0.773. The number of benzene rings is 1. The normalized spacial score (nSPS) is 14.2. The Morgan fingerprint density at radius 1 is 1.24 bits per heavy atom. The minimum Gasteiger partial charge on any atom is -0.497 e. The Labute approximate surface area is 130 Å². The average molecular weight is 302 g/mol. The van der Waals surface area contributed by atoms with Gasteiger partial charge >= 0.3 is 0 Å². The predicted octanol–water partition coefficient (Wildman–Crippen LogP) is 3.65. The highest BCUT2D eigenvalue weighted by molar-refractivity contribution is 7.12. The van der Waals surface area contributed by atoms with Gasteiger partial charge in [-0.25, -0.2) is 0 Å². The molecular formula is C17H22N2OS. The summed E-state index contributed by atoms with van der Waals surface area (Å²) < 4.78 is 5.29. The molecular weight excluding hydrogens is 280 g/mol. The van der Waals surface area contributed by atoms with Crippen molar-refractivity contribution in [1.29, 1.82) is 0 Å². The lowest BCUT2D eigenvalue weighted by Crippen LogP contribution is -2.15. The Bertz CT molecular complexity index is 592. The molecule has 3 nitrogen and oxygen atoms in total. The molecule has 1 heterocycles. The van der Waals surface area contributed by atoms with Gasteiger partial charge in [0.05, 0.1) is 13.7 Å². The maximum Gasteiger partial charge on any atom is 0.120 e. The lowest BCUT2D eigenvalue weighted by atomic mass is 10.2. The molecule has 0 spiro atoms. The number of hydrogen-bond donors (Lipinski definition) is 1. The first-order valence-corrected chi connectivity index (χ1v) is 8.22. The number of hydrogen-bond acceptors (Lipinski definition) is 4. The second-order valence-corrected chi connectivity index (χ2v) is 6.83. The summed E-state index contributed by atoms with van der Waals surface area (Å²) >= 11 is 1.90. The van der Waals surface area contributed by atoms with Crippen LogP contribution < -0.4 is 15.0 Å². The summed E-state index contributed by atoms with van der Waals surface area (Å²) in [4.78, 5) is 5.08. The second kappa shape index (κ2) is 6.50. The number of ether oxygens (including phenoxy) is 1.